The minimum atomic E-state index is 0.543. The molecule has 0 bridgehead atoms. The van der Waals surface area contributed by atoms with Gasteiger partial charge in [0.1, 0.15) is 11.4 Å². The maximum atomic E-state index is 5.30. The fourth-order valence-electron chi connectivity index (χ4n) is 2.71. The van der Waals surface area contributed by atoms with E-state index in [4.69, 9.17) is 4.42 Å². The molecule has 0 aliphatic heterocycles. The summed E-state index contributed by atoms with van der Waals surface area (Å²) >= 11 is 0. The van der Waals surface area contributed by atoms with Crippen molar-refractivity contribution in [2.45, 2.75) is 13.5 Å². The number of aromatic amines is 1. The normalized spacial score (nSPS) is 12.3. The zero-order valence-electron chi connectivity index (χ0n) is 14.4. The van der Waals surface area contributed by atoms with E-state index < -0.39 is 0 Å². The molecule has 1 N–H and O–H groups in total. The van der Waals surface area contributed by atoms with Gasteiger partial charge in [-0.15, -0.1) is 5.11 Å². The second-order valence-electron chi connectivity index (χ2n) is 5.95. The summed E-state index contributed by atoms with van der Waals surface area (Å²) in [5, 5.41) is 9.76. The maximum Gasteiger partial charge on any atom is 0.125 e. The van der Waals surface area contributed by atoms with Crippen LogP contribution in [0.25, 0.3) is 10.9 Å². The molecule has 0 saturated carbocycles. The topological polar surface area (TPSA) is 66.0 Å². The van der Waals surface area contributed by atoms with Crippen LogP contribution in [-0.4, -0.2) is 10.7 Å². The summed E-state index contributed by atoms with van der Waals surface area (Å²) < 4.78 is 5.30. The first-order chi connectivity index (χ1) is 12.8. The first-order valence-electron chi connectivity index (χ1n) is 8.41. The quantitative estimate of drug-likeness (QED) is 0.341. The molecule has 4 aromatic rings. The van der Waals surface area contributed by atoms with Crippen LogP contribution in [0, 0.1) is 0 Å². The summed E-state index contributed by atoms with van der Waals surface area (Å²) in [6.45, 7) is 2.53. The number of furan rings is 1. The van der Waals surface area contributed by atoms with Crippen molar-refractivity contribution < 1.29 is 4.42 Å². The summed E-state index contributed by atoms with van der Waals surface area (Å²) in [6.07, 6.45) is 3.53. The molecule has 128 valence electrons. The minimum Gasteiger partial charge on any atom is -0.467 e. The molecule has 5 nitrogen and oxygen atoms in total. The molecule has 2 aromatic heterocycles. The highest BCUT2D eigenvalue weighted by atomic mass is 16.3. The molecule has 26 heavy (non-hydrogen) atoms. The van der Waals surface area contributed by atoms with Gasteiger partial charge in [0.25, 0.3) is 0 Å². The molecule has 0 atom stereocenters. The van der Waals surface area contributed by atoms with Crippen LogP contribution in [0.4, 0.5) is 11.4 Å². The van der Waals surface area contributed by atoms with Crippen molar-refractivity contribution in [2.24, 2.45) is 15.2 Å². The second kappa shape index (κ2) is 7.19. The Morgan fingerprint density at radius 3 is 2.62 bits per heavy atom. The Hall–Kier alpha value is -3.47. The Balaban J connectivity index is 1.48. The molecule has 0 radical (unpaired) electrons. The highest BCUT2D eigenvalue weighted by Gasteiger charge is 2.02. The Labute approximate surface area is 151 Å². The number of aromatic nitrogens is 1. The number of hydrogen-bond donors (Lipinski definition) is 1. The minimum absolute atomic E-state index is 0.543. The van der Waals surface area contributed by atoms with Crippen LogP contribution in [0.15, 0.2) is 92.8 Å². The van der Waals surface area contributed by atoms with Crippen molar-refractivity contribution in [3.05, 3.63) is 84.4 Å². The number of fused-ring (bicyclic) bond motifs is 1. The first kappa shape index (κ1) is 16.0. The first-order valence-corrected chi connectivity index (χ1v) is 8.41. The number of rotatable bonds is 5. The standard InChI is InChI=1S/C21H18N4O/c1-15(22-13-18-5-4-12-26-18)16-8-10-17(11-9-16)24-25-21-14-23-20-7-3-2-6-19(20)21/h2-12,14,23H,13H2,1H3. The van der Waals surface area contributed by atoms with E-state index in [1.54, 1.807) is 6.26 Å². The smallest absolute Gasteiger partial charge is 0.125 e. The molecule has 0 unspecified atom stereocenters. The van der Waals surface area contributed by atoms with Crippen molar-refractivity contribution >= 4 is 28.0 Å². The Morgan fingerprint density at radius 2 is 1.81 bits per heavy atom. The summed E-state index contributed by atoms with van der Waals surface area (Å²) in [7, 11) is 0. The van der Waals surface area contributed by atoms with Crippen LogP contribution in [0.5, 0.6) is 0 Å². The van der Waals surface area contributed by atoms with E-state index in [0.29, 0.717) is 6.54 Å². The largest absolute Gasteiger partial charge is 0.467 e. The van der Waals surface area contributed by atoms with Crippen LogP contribution < -0.4 is 0 Å². The van der Waals surface area contributed by atoms with Crippen LogP contribution in [0.3, 0.4) is 0 Å². The molecule has 4 rings (SSSR count). The van der Waals surface area contributed by atoms with E-state index in [1.165, 1.54) is 0 Å². The van der Waals surface area contributed by atoms with Gasteiger partial charge in [0, 0.05) is 22.8 Å². The lowest BCUT2D eigenvalue weighted by atomic mass is 10.1. The van der Waals surface area contributed by atoms with Crippen molar-refractivity contribution in [1.29, 1.82) is 0 Å². The highest BCUT2D eigenvalue weighted by molar-refractivity contribution is 5.98. The predicted molar refractivity (Wildman–Crippen MR) is 104 cm³/mol. The van der Waals surface area contributed by atoms with Crippen molar-refractivity contribution in [2.75, 3.05) is 0 Å². The molecule has 0 fully saturated rings. The lowest BCUT2D eigenvalue weighted by Gasteiger charge is -2.01. The molecule has 2 aromatic carbocycles. The fraction of sp³-hybridized carbons (Fsp3) is 0.0952. The number of nitrogens with zero attached hydrogens (tertiary/aromatic N) is 3. The predicted octanol–water partition coefficient (Wildman–Crippen LogP) is 6.19. The van der Waals surface area contributed by atoms with E-state index >= 15 is 0 Å². The molecule has 5 heteroatoms. The number of hydrogen-bond acceptors (Lipinski definition) is 4. The third kappa shape index (κ3) is 3.47. The average Bonchev–Trinajstić information content (AvgIpc) is 3.35. The molecule has 0 aliphatic rings. The van der Waals surface area contributed by atoms with Crippen LogP contribution in [0.1, 0.15) is 18.2 Å². The lowest BCUT2D eigenvalue weighted by molar-refractivity contribution is 0.513. The van der Waals surface area contributed by atoms with Crippen molar-refractivity contribution in [3.63, 3.8) is 0 Å². The third-order valence-electron chi connectivity index (χ3n) is 4.18. The lowest BCUT2D eigenvalue weighted by Crippen LogP contribution is -1.94. The summed E-state index contributed by atoms with van der Waals surface area (Å²) in [5.74, 6) is 0.855. The van der Waals surface area contributed by atoms with Crippen molar-refractivity contribution in [3.8, 4) is 0 Å². The van der Waals surface area contributed by atoms with Gasteiger partial charge in [-0.1, -0.05) is 30.3 Å². The maximum absolute atomic E-state index is 5.30. The van der Waals surface area contributed by atoms with Gasteiger partial charge >= 0.3 is 0 Å². The van der Waals surface area contributed by atoms with Gasteiger partial charge in [-0.05, 0) is 42.8 Å². The van der Waals surface area contributed by atoms with Gasteiger partial charge < -0.3 is 9.40 Å². The van der Waals surface area contributed by atoms with Crippen molar-refractivity contribution in [1.82, 2.24) is 4.98 Å². The molecule has 0 aliphatic carbocycles. The zero-order valence-corrected chi connectivity index (χ0v) is 14.4. The van der Waals surface area contributed by atoms with Gasteiger partial charge in [0.2, 0.25) is 0 Å². The number of benzene rings is 2. The number of aliphatic imine (C=N–C) groups is 1. The van der Waals surface area contributed by atoms with Gasteiger partial charge in [-0.25, -0.2) is 0 Å². The number of azo groups is 1. The van der Waals surface area contributed by atoms with Crippen LogP contribution >= 0.6 is 0 Å². The summed E-state index contributed by atoms with van der Waals surface area (Å²) in [6, 6.07) is 19.7. The Morgan fingerprint density at radius 1 is 0.962 bits per heavy atom. The number of H-pyrrole nitrogens is 1. The van der Waals surface area contributed by atoms with Gasteiger partial charge in [0.15, 0.2) is 0 Å². The van der Waals surface area contributed by atoms with Gasteiger partial charge in [-0.3, -0.25) is 4.99 Å². The van der Waals surface area contributed by atoms with E-state index in [2.05, 4.69) is 20.2 Å². The van der Waals surface area contributed by atoms with E-state index in [1.807, 2.05) is 73.8 Å². The zero-order chi connectivity index (χ0) is 17.8. The monoisotopic (exact) mass is 342 g/mol. The van der Waals surface area contributed by atoms with E-state index in [9.17, 15) is 0 Å². The Bertz CT molecular complexity index is 1060. The number of nitrogens with one attached hydrogen (secondary N) is 1. The summed E-state index contributed by atoms with van der Waals surface area (Å²) in [5.41, 5.74) is 4.71. The second-order valence-corrected chi connectivity index (χ2v) is 5.95. The summed E-state index contributed by atoms with van der Waals surface area (Å²) in [4.78, 5) is 7.75. The molecule has 0 spiro atoms. The average molecular weight is 342 g/mol. The third-order valence-corrected chi connectivity index (χ3v) is 4.18. The Kier molecular flexibility index (Phi) is 4.43. The highest BCUT2D eigenvalue weighted by Crippen LogP contribution is 2.27. The van der Waals surface area contributed by atoms with E-state index in [-0.39, 0.29) is 0 Å². The van der Waals surface area contributed by atoms with Gasteiger partial charge in [0.05, 0.1) is 18.5 Å². The molecule has 2 heterocycles. The van der Waals surface area contributed by atoms with E-state index in [0.717, 1.165) is 39.3 Å². The fourth-order valence-corrected chi connectivity index (χ4v) is 2.71. The molecular formula is C21H18N4O. The molecular weight excluding hydrogens is 324 g/mol. The van der Waals surface area contributed by atoms with Gasteiger partial charge in [-0.2, -0.15) is 5.11 Å². The molecule has 0 saturated heterocycles. The number of para-hydroxylation sites is 1. The van der Waals surface area contributed by atoms with Crippen LogP contribution in [-0.2, 0) is 6.54 Å². The van der Waals surface area contributed by atoms with Crippen LogP contribution in [0.2, 0.25) is 0 Å². The molecule has 0 amide bonds. The SMILES string of the molecule is CC(=NCc1ccco1)c1ccc(N=Nc2c[nH]c3ccccc23)cc1.